The molecule has 1 heterocycles. The van der Waals surface area contributed by atoms with Crippen LogP contribution in [0.15, 0.2) is 30.3 Å². The first-order valence-corrected chi connectivity index (χ1v) is 7.57. The zero-order chi connectivity index (χ0) is 14.9. The van der Waals surface area contributed by atoms with E-state index in [0.29, 0.717) is 16.8 Å². The van der Waals surface area contributed by atoms with E-state index in [4.69, 9.17) is 5.73 Å². The lowest BCUT2D eigenvalue weighted by molar-refractivity contribution is 0.0846. The van der Waals surface area contributed by atoms with Crippen molar-refractivity contribution in [3.05, 3.63) is 36.0 Å². The number of pyridine rings is 1. The van der Waals surface area contributed by atoms with E-state index in [1.165, 1.54) is 19.3 Å². The Morgan fingerprint density at radius 1 is 1.38 bits per heavy atom. The van der Waals surface area contributed by atoms with Gasteiger partial charge in [0.25, 0.3) is 5.91 Å². The molecule has 1 aliphatic rings. The minimum atomic E-state index is -0.132. The quantitative estimate of drug-likeness (QED) is 0.905. The number of carbonyl (C=O) groups is 1. The van der Waals surface area contributed by atoms with Crippen molar-refractivity contribution in [2.24, 2.45) is 5.41 Å². The molecule has 0 aliphatic heterocycles. The highest BCUT2D eigenvalue weighted by molar-refractivity contribution is 5.99. The number of carbonyl (C=O) groups excluding carboxylic acids is 1. The predicted molar refractivity (Wildman–Crippen MR) is 85.1 cm³/mol. The zero-order valence-corrected chi connectivity index (χ0v) is 12.4. The molecule has 110 valence electrons. The Hall–Kier alpha value is -2.10. The minimum absolute atomic E-state index is 0.132. The highest BCUT2D eigenvalue weighted by atomic mass is 16.1. The standard InChI is InChI=1S/C17H21N3O/c1-2-17(8-5-9-17)11-19-16(21)15-10-13(18)12-6-3-4-7-14(12)20-15/h3-4,6-7,10H,2,5,8-9,11H2,1H3,(H2,18,20)(H,19,21). The highest BCUT2D eigenvalue weighted by Crippen LogP contribution is 2.43. The van der Waals surface area contributed by atoms with Gasteiger partial charge in [0.05, 0.1) is 5.52 Å². The van der Waals surface area contributed by atoms with Crippen molar-refractivity contribution in [2.45, 2.75) is 32.6 Å². The van der Waals surface area contributed by atoms with Crippen LogP contribution in [-0.2, 0) is 0 Å². The molecule has 0 saturated heterocycles. The van der Waals surface area contributed by atoms with E-state index in [1.807, 2.05) is 24.3 Å². The van der Waals surface area contributed by atoms with E-state index in [9.17, 15) is 4.79 Å². The van der Waals surface area contributed by atoms with Crippen LogP contribution in [0, 0.1) is 5.41 Å². The molecule has 4 nitrogen and oxygen atoms in total. The molecule has 1 aliphatic carbocycles. The van der Waals surface area contributed by atoms with Gasteiger partial charge in [-0.05, 0) is 36.8 Å². The van der Waals surface area contributed by atoms with Crippen molar-refractivity contribution in [1.82, 2.24) is 10.3 Å². The molecule has 0 radical (unpaired) electrons. The molecule has 3 rings (SSSR count). The molecule has 1 amide bonds. The van der Waals surface area contributed by atoms with Crippen LogP contribution in [0.4, 0.5) is 5.69 Å². The SMILES string of the molecule is CCC1(CNC(=O)c2cc(N)c3ccccc3n2)CCC1. The van der Waals surface area contributed by atoms with Gasteiger partial charge in [0.2, 0.25) is 0 Å². The second kappa shape index (κ2) is 5.35. The van der Waals surface area contributed by atoms with Gasteiger partial charge in [-0.2, -0.15) is 0 Å². The van der Waals surface area contributed by atoms with Gasteiger partial charge in [0.15, 0.2) is 0 Å². The summed E-state index contributed by atoms with van der Waals surface area (Å²) in [6, 6.07) is 9.28. The third-order valence-corrected chi connectivity index (χ3v) is 4.77. The number of fused-ring (bicyclic) bond motifs is 1. The number of amides is 1. The molecule has 4 heteroatoms. The molecule has 1 saturated carbocycles. The maximum atomic E-state index is 12.3. The van der Waals surface area contributed by atoms with Crippen molar-refractivity contribution in [3.63, 3.8) is 0 Å². The third kappa shape index (κ3) is 2.58. The summed E-state index contributed by atoms with van der Waals surface area (Å²) < 4.78 is 0. The van der Waals surface area contributed by atoms with Gasteiger partial charge in [0.1, 0.15) is 5.69 Å². The van der Waals surface area contributed by atoms with Crippen molar-refractivity contribution >= 4 is 22.5 Å². The van der Waals surface area contributed by atoms with Crippen LogP contribution in [0.1, 0.15) is 43.1 Å². The van der Waals surface area contributed by atoms with E-state index in [-0.39, 0.29) is 5.91 Å². The number of anilines is 1. The normalized spacial score (nSPS) is 16.4. The number of hydrogen-bond acceptors (Lipinski definition) is 3. The summed E-state index contributed by atoms with van der Waals surface area (Å²) in [6.45, 7) is 2.92. The van der Waals surface area contributed by atoms with Gasteiger partial charge in [-0.1, -0.05) is 31.5 Å². The second-order valence-electron chi connectivity index (χ2n) is 6.00. The van der Waals surface area contributed by atoms with Crippen LogP contribution in [0.25, 0.3) is 10.9 Å². The first kappa shape index (κ1) is 13.9. The lowest BCUT2D eigenvalue weighted by Gasteiger charge is -2.41. The number of benzene rings is 1. The van der Waals surface area contributed by atoms with E-state index < -0.39 is 0 Å². The Labute approximate surface area is 124 Å². The Balaban J connectivity index is 1.78. The minimum Gasteiger partial charge on any atom is -0.398 e. The summed E-state index contributed by atoms with van der Waals surface area (Å²) in [5.74, 6) is -0.132. The number of hydrogen-bond donors (Lipinski definition) is 2. The molecular formula is C17H21N3O. The van der Waals surface area contributed by atoms with Crippen molar-refractivity contribution in [1.29, 1.82) is 0 Å². The molecule has 0 unspecified atom stereocenters. The fraction of sp³-hybridized carbons (Fsp3) is 0.412. The van der Waals surface area contributed by atoms with Crippen LogP contribution in [0.3, 0.4) is 0 Å². The summed E-state index contributed by atoms with van der Waals surface area (Å²) >= 11 is 0. The number of para-hydroxylation sites is 1. The number of rotatable bonds is 4. The second-order valence-corrected chi connectivity index (χ2v) is 6.00. The van der Waals surface area contributed by atoms with Crippen molar-refractivity contribution in [3.8, 4) is 0 Å². The Morgan fingerprint density at radius 2 is 2.14 bits per heavy atom. The van der Waals surface area contributed by atoms with Gasteiger partial charge in [0, 0.05) is 17.6 Å². The summed E-state index contributed by atoms with van der Waals surface area (Å²) in [7, 11) is 0. The number of nitrogens with two attached hydrogens (primary N) is 1. The Morgan fingerprint density at radius 3 is 2.81 bits per heavy atom. The lowest BCUT2D eigenvalue weighted by atomic mass is 9.67. The van der Waals surface area contributed by atoms with Crippen molar-refractivity contribution < 1.29 is 4.79 Å². The maximum absolute atomic E-state index is 12.3. The van der Waals surface area contributed by atoms with E-state index in [1.54, 1.807) is 6.07 Å². The predicted octanol–water partition coefficient (Wildman–Crippen LogP) is 3.13. The smallest absolute Gasteiger partial charge is 0.270 e. The summed E-state index contributed by atoms with van der Waals surface area (Å²) in [6.07, 6.45) is 4.79. The number of nitrogen functional groups attached to an aromatic ring is 1. The molecule has 1 aromatic carbocycles. The molecule has 21 heavy (non-hydrogen) atoms. The third-order valence-electron chi connectivity index (χ3n) is 4.77. The molecule has 0 spiro atoms. The molecule has 2 aromatic rings. The summed E-state index contributed by atoms with van der Waals surface area (Å²) in [5, 5.41) is 3.91. The average molecular weight is 283 g/mol. The topological polar surface area (TPSA) is 68.0 Å². The molecule has 3 N–H and O–H groups in total. The van der Waals surface area contributed by atoms with Crippen molar-refractivity contribution in [2.75, 3.05) is 12.3 Å². The van der Waals surface area contributed by atoms with Crippen LogP contribution in [0.5, 0.6) is 0 Å². The van der Waals surface area contributed by atoms with Gasteiger partial charge in [-0.25, -0.2) is 4.98 Å². The number of nitrogens with zero attached hydrogens (tertiary/aromatic N) is 1. The van der Waals surface area contributed by atoms with E-state index >= 15 is 0 Å². The average Bonchev–Trinajstić information content (AvgIpc) is 2.46. The van der Waals surface area contributed by atoms with Crippen LogP contribution >= 0.6 is 0 Å². The summed E-state index contributed by atoms with van der Waals surface area (Å²) in [5.41, 5.74) is 8.08. The number of nitrogens with one attached hydrogen (secondary N) is 1. The molecule has 0 atom stereocenters. The van der Waals surface area contributed by atoms with Gasteiger partial charge < -0.3 is 11.1 Å². The molecule has 0 bridgehead atoms. The monoisotopic (exact) mass is 283 g/mol. The largest absolute Gasteiger partial charge is 0.398 e. The fourth-order valence-electron chi connectivity index (χ4n) is 3.01. The fourth-order valence-corrected chi connectivity index (χ4v) is 3.01. The maximum Gasteiger partial charge on any atom is 0.270 e. The molecule has 1 aromatic heterocycles. The molecular weight excluding hydrogens is 262 g/mol. The zero-order valence-electron chi connectivity index (χ0n) is 12.4. The van der Waals surface area contributed by atoms with Crippen LogP contribution in [-0.4, -0.2) is 17.4 Å². The summed E-state index contributed by atoms with van der Waals surface area (Å²) in [4.78, 5) is 16.7. The van der Waals surface area contributed by atoms with Gasteiger partial charge in [-0.15, -0.1) is 0 Å². The first-order chi connectivity index (χ1) is 10.1. The highest BCUT2D eigenvalue weighted by Gasteiger charge is 2.35. The van der Waals surface area contributed by atoms with Gasteiger partial charge >= 0.3 is 0 Å². The first-order valence-electron chi connectivity index (χ1n) is 7.57. The van der Waals surface area contributed by atoms with Crippen LogP contribution < -0.4 is 11.1 Å². The Bertz CT molecular complexity index is 671. The lowest BCUT2D eigenvalue weighted by Crippen LogP contribution is -2.41. The molecule has 1 fully saturated rings. The van der Waals surface area contributed by atoms with Gasteiger partial charge in [-0.3, -0.25) is 4.79 Å². The number of aromatic nitrogens is 1. The Kier molecular flexibility index (Phi) is 3.53. The van der Waals surface area contributed by atoms with E-state index in [2.05, 4.69) is 17.2 Å². The van der Waals surface area contributed by atoms with Crippen LogP contribution in [0.2, 0.25) is 0 Å². The van der Waals surface area contributed by atoms with E-state index in [0.717, 1.165) is 23.9 Å².